The van der Waals surface area contributed by atoms with E-state index in [9.17, 15) is 9.18 Å². The van der Waals surface area contributed by atoms with Gasteiger partial charge in [-0.2, -0.15) is 0 Å². The van der Waals surface area contributed by atoms with Crippen molar-refractivity contribution in [2.45, 2.75) is 32.9 Å². The molecule has 0 bridgehead atoms. The van der Waals surface area contributed by atoms with Crippen molar-refractivity contribution in [2.75, 3.05) is 0 Å². The van der Waals surface area contributed by atoms with Crippen molar-refractivity contribution in [2.24, 2.45) is 0 Å². The molecular formula is C20H18Cl2FNO2. The molecule has 0 aliphatic heterocycles. The minimum Gasteiger partial charge on any atom is -0.423 e. The van der Waals surface area contributed by atoms with E-state index in [4.69, 9.17) is 27.6 Å². The number of rotatable bonds is 5. The van der Waals surface area contributed by atoms with E-state index in [1.807, 2.05) is 32.0 Å². The monoisotopic (exact) mass is 393 g/mol. The van der Waals surface area contributed by atoms with Crippen LogP contribution in [0.15, 0.2) is 45.6 Å². The first kappa shape index (κ1) is 18.9. The lowest BCUT2D eigenvalue weighted by Gasteiger charge is -2.17. The molecule has 1 atom stereocenters. The molecule has 3 aromatic rings. The smallest absolute Gasteiger partial charge is 0.336 e. The molecule has 2 aromatic carbocycles. The Kier molecular flexibility index (Phi) is 5.66. The van der Waals surface area contributed by atoms with Crippen LogP contribution in [-0.2, 0) is 13.0 Å². The maximum Gasteiger partial charge on any atom is 0.336 e. The zero-order chi connectivity index (χ0) is 18.8. The highest BCUT2D eigenvalue weighted by molar-refractivity contribution is 6.35. The molecule has 3 nitrogen and oxygen atoms in total. The van der Waals surface area contributed by atoms with Crippen LogP contribution in [0, 0.1) is 5.82 Å². The van der Waals surface area contributed by atoms with Crippen molar-refractivity contribution in [3.05, 3.63) is 79.4 Å². The molecule has 0 fully saturated rings. The SMILES string of the molecule is CCc1ccc2c(CN[C@@H](C)c3cc(F)c(Cl)cc3Cl)cc(=O)oc2c1. The standard InChI is InChI=1S/C20H18Cl2FNO2/c1-3-12-4-5-14-13(7-20(25)26-19(14)6-12)10-24-11(2)15-8-18(23)17(22)9-16(15)21/h4-9,11,24H,3,10H2,1-2H3/t11-/m0/s1. The number of hydrogen-bond acceptors (Lipinski definition) is 3. The summed E-state index contributed by atoms with van der Waals surface area (Å²) in [6.45, 7) is 4.33. The van der Waals surface area contributed by atoms with Gasteiger partial charge in [-0.25, -0.2) is 9.18 Å². The van der Waals surface area contributed by atoms with Crippen molar-refractivity contribution in [3.8, 4) is 0 Å². The highest BCUT2D eigenvalue weighted by Gasteiger charge is 2.14. The van der Waals surface area contributed by atoms with E-state index in [1.54, 1.807) is 0 Å². The van der Waals surface area contributed by atoms with E-state index in [0.29, 0.717) is 22.7 Å². The topological polar surface area (TPSA) is 42.2 Å². The number of benzene rings is 2. The van der Waals surface area contributed by atoms with Gasteiger partial charge in [0.1, 0.15) is 11.4 Å². The van der Waals surface area contributed by atoms with Gasteiger partial charge in [-0.1, -0.05) is 42.3 Å². The molecule has 1 N–H and O–H groups in total. The van der Waals surface area contributed by atoms with Gasteiger partial charge < -0.3 is 9.73 Å². The van der Waals surface area contributed by atoms with E-state index in [0.717, 1.165) is 22.9 Å². The summed E-state index contributed by atoms with van der Waals surface area (Å²) in [7, 11) is 0. The summed E-state index contributed by atoms with van der Waals surface area (Å²) in [5.41, 5.74) is 2.69. The van der Waals surface area contributed by atoms with Crippen LogP contribution in [0.25, 0.3) is 11.0 Å². The second-order valence-corrected chi connectivity index (χ2v) is 6.98. The van der Waals surface area contributed by atoms with Gasteiger partial charge in [0.2, 0.25) is 0 Å². The normalized spacial score (nSPS) is 12.5. The Hall–Kier alpha value is -1.88. The Morgan fingerprint density at radius 3 is 2.65 bits per heavy atom. The van der Waals surface area contributed by atoms with Gasteiger partial charge in [-0.3, -0.25) is 0 Å². The molecule has 0 aliphatic rings. The van der Waals surface area contributed by atoms with Gasteiger partial charge in [-0.15, -0.1) is 0 Å². The Morgan fingerprint density at radius 2 is 1.92 bits per heavy atom. The second kappa shape index (κ2) is 7.78. The predicted molar refractivity (Wildman–Crippen MR) is 104 cm³/mol. The first-order valence-electron chi connectivity index (χ1n) is 8.32. The molecule has 1 heterocycles. The maximum atomic E-state index is 13.7. The van der Waals surface area contributed by atoms with Crippen LogP contribution in [0.5, 0.6) is 0 Å². The largest absolute Gasteiger partial charge is 0.423 e. The first-order chi connectivity index (χ1) is 12.4. The number of hydrogen-bond donors (Lipinski definition) is 1. The minimum atomic E-state index is -0.516. The van der Waals surface area contributed by atoms with Crippen molar-refractivity contribution in [3.63, 3.8) is 0 Å². The molecule has 0 radical (unpaired) electrons. The summed E-state index contributed by atoms with van der Waals surface area (Å²) in [5.74, 6) is -0.516. The van der Waals surface area contributed by atoms with Crippen LogP contribution in [0.3, 0.4) is 0 Å². The molecule has 0 saturated heterocycles. The summed E-state index contributed by atoms with van der Waals surface area (Å²) in [4.78, 5) is 11.9. The van der Waals surface area contributed by atoms with Gasteiger partial charge in [0.25, 0.3) is 0 Å². The van der Waals surface area contributed by atoms with Crippen LogP contribution in [0.4, 0.5) is 4.39 Å². The molecule has 1 aromatic heterocycles. The Bertz CT molecular complexity index is 1020. The lowest BCUT2D eigenvalue weighted by atomic mass is 10.0. The molecule has 6 heteroatoms. The molecule has 0 unspecified atom stereocenters. The Morgan fingerprint density at radius 1 is 1.15 bits per heavy atom. The average molecular weight is 394 g/mol. The third-order valence-electron chi connectivity index (χ3n) is 4.41. The lowest BCUT2D eigenvalue weighted by molar-refractivity contribution is 0.545. The Balaban J connectivity index is 1.88. The zero-order valence-electron chi connectivity index (χ0n) is 14.4. The second-order valence-electron chi connectivity index (χ2n) is 6.17. The van der Waals surface area contributed by atoms with E-state index in [2.05, 4.69) is 5.32 Å². The molecule has 0 amide bonds. The first-order valence-corrected chi connectivity index (χ1v) is 9.08. The number of aryl methyl sites for hydroxylation is 1. The number of halogens is 3. The van der Waals surface area contributed by atoms with Gasteiger partial charge >= 0.3 is 5.63 Å². The van der Waals surface area contributed by atoms with E-state index >= 15 is 0 Å². The summed E-state index contributed by atoms with van der Waals surface area (Å²) < 4.78 is 19.1. The van der Waals surface area contributed by atoms with Crippen LogP contribution in [-0.4, -0.2) is 0 Å². The molecular weight excluding hydrogens is 376 g/mol. The average Bonchev–Trinajstić information content (AvgIpc) is 2.61. The lowest BCUT2D eigenvalue weighted by Crippen LogP contribution is -2.19. The third kappa shape index (κ3) is 3.93. The van der Waals surface area contributed by atoms with Gasteiger partial charge in [0, 0.05) is 29.1 Å². The van der Waals surface area contributed by atoms with Crippen LogP contribution < -0.4 is 10.9 Å². The summed E-state index contributed by atoms with van der Waals surface area (Å²) in [6, 6.07) is 9.81. The van der Waals surface area contributed by atoms with E-state index < -0.39 is 11.4 Å². The van der Waals surface area contributed by atoms with Crippen LogP contribution in [0.1, 0.15) is 36.6 Å². The third-order valence-corrected chi connectivity index (χ3v) is 5.02. The maximum absolute atomic E-state index is 13.7. The van der Waals surface area contributed by atoms with Gasteiger partial charge in [-0.05, 0) is 48.2 Å². The van der Waals surface area contributed by atoms with Gasteiger partial charge in [0.15, 0.2) is 0 Å². The molecule has 0 saturated carbocycles. The molecule has 26 heavy (non-hydrogen) atoms. The molecule has 3 rings (SSSR count). The quantitative estimate of drug-likeness (QED) is 0.449. The Labute approximate surface area is 160 Å². The molecule has 0 aliphatic carbocycles. The predicted octanol–water partition coefficient (Wildman–Crippen LogP) is 5.65. The zero-order valence-corrected chi connectivity index (χ0v) is 15.9. The van der Waals surface area contributed by atoms with E-state index in [1.165, 1.54) is 18.2 Å². The van der Waals surface area contributed by atoms with Gasteiger partial charge in [0.05, 0.1) is 5.02 Å². The molecule has 136 valence electrons. The fourth-order valence-corrected chi connectivity index (χ4v) is 3.43. The number of fused-ring (bicyclic) bond motifs is 1. The van der Waals surface area contributed by atoms with Crippen LogP contribution in [0.2, 0.25) is 10.0 Å². The highest BCUT2D eigenvalue weighted by Crippen LogP contribution is 2.29. The number of nitrogens with one attached hydrogen (secondary N) is 1. The fourth-order valence-electron chi connectivity index (χ4n) is 2.88. The fraction of sp³-hybridized carbons (Fsp3) is 0.250. The van der Waals surface area contributed by atoms with Crippen molar-refractivity contribution in [1.82, 2.24) is 5.32 Å². The van der Waals surface area contributed by atoms with Crippen molar-refractivity contribution < 1.29 is 8.81 Å². The minimum absolute atomic E-state index is 0.00987. The summed E-state index contributed by atoms with van der Waals surface area (Å²) in [5, 5.41) is 4.53. The highest BCUT2D eigenvalue weighted by atomic mass is 35.5. The summed E-state index contributed by atoms with van der Waals surface area (Å²) >= 11 is 11.9. The van der Waals surface area contributed by atoms with Crippen molar-refractivity contribution >= 4 is 34.2 Å². The molecule has 0 spiro atoms. The summed E-state index contributed by atoms with van der Waals surface area (Å²) in [6.07, 6.45) is 0.861. The van der Waals surface area contributed by atoms with E-state index in [-0.39, 0.29) is 11.1 Å². The van der Waals surface area contributed by atoms with Crippen molar-refractivity contribution in [1.29, 1.82) is 0 Å². The van der Waals surface area contributed by atoms with Crippen LogP contribution >= 0.6 is 23.2 Å².